The predicted molar refractivity (Wildman–Crippen MR) is 65.3 cm³/mol. The molecule has 0 radical (unpaired) electrons. The Hall–Kier alpha value is 0.974. The molecule has 0 amide bonds. The Labute approximate surface area is 93.5 Å². The molecule has 3 atom stereocenters. The zero-order chi connectivity index (χ0) is 10.2. The summed E-state index contributed by atoms with van der Waals surface area (Å²) < 4.78 is 6.10. The molecule has 0 aromatic heterocycles. The number of rotatable bonds is 1. The van der Waals surface area contributed by atoms with Gasteiger partial charge in [-0.3, -0.25) is 0 Å². The Morgan fingerprint density at radius 1 is 1.31 bits per heavy atom. The molecule has 0 aliphatic carbocycles. The van der Waals surface area contributed by atoms with Gasteiger partial charge < -0.3 is 4.43 Å². The van der Waals surface area contributed by atoms with Crippen molar-refractivity contribution in [1.82, 2.24) is 0 Å². The topological polar surface area (TPSA) is 9.23 Å². The zero-order valence-corrected chi connectivity index (χ0v) is 12.3. The van der Waals surface area contributed by atoms with Crippen molar-refractivity contribution in [3.05, 3.63) is 0 Å². The third-order valence-corrected chi connectivity index (χ3v) is 8.54. The van der Waals surface area contributed by atoms with Gasteiger partial charge in [0.15, 0.2) is 8.32 Å². The maximum Gasteiger partial charge on any atom is 0.188 e. The van der Waals surface area contributed by atoms with Gasteiger partial charge in [0.25, 0.3) is 0 Å². The van der Waals surface area contributed by atoms with Gasteiger partial charge in [-0.15, -0.1) is 23.2 Å². The second-order valence-corrected chi connectivity index (χ2v) is 13.1. The van der Waals surface area contributed by atoms with E-state index in [2.05, 4.69) is 26.2 Å². The van der Waals surface area contributed by atoms with Crippen LogP contribution in [0.25, 0.3) is 0 Å². The van der Waals surface area contributed by atoms with Crippen molar-refractivity contribution >= 4 is 40.3 Å². The number of alkyl halides is 2. The summed E-state index contributed by atoms with van der Waals surface area (Å²) in [5.41, 5.74) is 0.277. The average Bonchev–Trinajstić information content (AvgIpc) is 1.95. The van der Waals surface area contributed by atoms with Crippen molar-refractivity contribution in [2.24, 2.45) is 0 Å². The fourth-order valence-corrected chi connectivity index (χ4v) is 9.79. The van der Waals surface area contributed by atoms with E-state index in [9.17, 15) is 0 Å². The summed E-state index contributed by atoms with van der Waals surface area (Å²) in [6, 6.07) is 0.986. The summed E-state index contributed by atoms with van der Waals surface area (Å²) in [6.45, 7) is 9.02. The van der Waals surface area contributed by atoms with Crippen LogP contribution in [0.5, 0.6) is 0 Å². The van der Waals surface area contributed by atoms with Crippen LogP contribution in [0.3, 0.4) is 0 Å². The quantitative estimate of drug-likeness (QED) is 0.518. The van der Waals surface area contributed by atoms with Gasteiger partial charge in [-0.05, 0) is 19.1 Å². The highest BCUT2D eigenvalue weighted by atomic mass is 35.5. The largest absolute Gasteiger partial charge is 0.416 e. The maximum absolute atomic E-state index is 6.26. The minimum Gasteiger partial charge on any atom is -0.416 e. The van der Waals surface area contributed by atoms with Gasteiger partial charge in [-0.1, -0.05) is 13.1 Å². The van der Waals surface area contributed by atoms with Gasteiger partial charge in [0.2, 0.25) is 0 Å². The van der Waals surface area contributed by atoms with Gasteiger partial charge in [0, 0.05) is 5.73 Å². The Morgan fingerprint density at radius 2 is 1.85 bits per heavy atom. The van der Waals surface area contributed by atoms with Crippen molar-refractivity contribution in [2.45, 2.75) is 48.7 Å². The molecule has 13 heavy (non-hydrogen) atoms. The van der Waals surface area contributed by atoms with E-state index >= 15 is 0 Å². The fourth-order valence-electron chi connectivity index (χ4n) is 1.77. The van der Waals surface area contributed by atoms with Crippen LogP contribution in [0.1, 0.15) is 0 Å². The summed E-state index contributed by atoms with van der Waals surface area (Å²) in [5.74, 6) is 0. The molecule has 0 saturated carbocycles. The third kappa shape index (κ3) is 2.96. The molecule has 3 unspecified atom stereocenters. The van der Waals surface area contributed by atoms with Crippen LogP contribution in [0.15, 0.2) is 0 Å². The fraction of sp³-hybridized carbons (Fsp3) is 1.00. The number of hydrogen-bond donors (Lipinski definition) is 0. The Bertz CT molecular complexity index is 187. The molecule has 1 aliphatic heterocycles. The molecular formula is C8H18Cl2OSi2. The van der Waals surface area contributed by atoms with Crippen LogP contribution in [0.2, 0.25) is 32.2 Å². The zero-order valence-electron chi connectivity index (χ0n) is 8.68. The molecule has 0 spiro atoms. The van der Waals surface area contributed by atoms with E-state index in [1.165, 1.54) is 0 Å². The SMILES string of the molecule is C[SiH](C)C1O[Si](C)(C)CC(Cl)C1Cl. The summed E-state index contributed by atoms with van der Waals surface area (Å²) in [5, 5.41) is 0.158. The minimum absolute atomic E-state index is 0.0360. The number of halogens is 2. The minimum atomic E-state index is -1.50. The lowest BCUT2D eigenvalue weighted by Gasteiger charge is -2.42. The van der Waals surface area contributed by atoms with Gasteiger partial charge in [-0.25, -0.2) is 0 Å². The first kappa shape index (κ1) is 12.0. The molecule has 0 N–H and O–H groups in total. The normalized spacial score (nSPS) is 39.5. The molecular weight excluding hydrogens is 239 g/mol. The molecule has 1 rings (SSSR count). The highest BCUT2D eigenvalue weighted by Crippen LogP contribution is 2.34. The standard InChI is InChI=1S/C8H18Cl2OSi2/c1-12(2)8-7(10)6(9)5-13(3,4)11-8/h6-8,12H,5H2,1-4H3. The molecule has 1 saturated heterocycles. The maximum atomic E-state index is 6.26. The van der Waals surface area contributed by atoms with Gasteiger partial charge >= 0.3 is 0 Å². The third-order valence-electron chi connectivity index (χ3n) is 2.46. The predicted octanol–water partition coefficient (Wildman–Crippen LogP) is 2.83. The number of hydrogen-bond acceptors (Lipinski definition) is 1. The Kier molecular flexibility index (Phi) is 3.92. The van der Waals surface area contributed by atoms with E-state index in [4.69, 9.17) is 27.6 Å². The summed E-state index contributed by atoms with van der Waals surface area (Å²) in [6.07, 6.45) is 0. The molecule has 0 aromatic rings. The molecule has 0 bridgehead atoms. The van der Waals surface area contributed by atoms with Crippen LogP contribution < -0.4 is 0 Å². The van der Waals surface area contributed by atoms with Crippen LogP contribution in [-0.4, -0.2) is 33.6 Å². The van der Waals surface area contributed by atoms with Crippen molar-refractivity contribution in [3.8, 4) is 0 Å². The first-order chi connectivity index (χ1) is 5.83. The van der Waals surface area contributed by atoms with Crippen molar-refractivity contribution < 1.29 is 4.43 Å². The molecule has 1 nitrogen and oxygen atoms in total. The van der Waals surface area contributed by atoms with E-state index in [0.717, 1.165) is 6.04 Å². The van der Waals surface area contributed by atoms with E-state index in [1.54, 1.807) is 0 Å². The monoisotopic (exact) mass is 256 g/mol. The van der Waals surface area contributed by atoms with Gasteiger partial charge in [-0.2, -0.15) is 0 Å². The molecule has 1 heterocycles. The van der Waals surface area contributed by atoms with Gasteiger partial charge in [0.1, 0.15) is 0 Å². The summed E-state index contributed by atoms with van der Waals surface area (Å²) in [7, 11) is -2.34. The Balaban J connectivity index is 2.72. The molecule has 78 valence electrons. The van der Waals surface area contributed by atoms with Crippen LogP contribution >= 0.6 is 23.2 Å². The van der Waals surface area contributed by atoms with Crippen LogP contribution in [0.4, 0.5) is 0 Å². The highest BCUT2D eigenvalue weighted by Gasteiger charge is 2.43. The van der Waals surface area contributed by atoms with E-state index < -0.39 is 17.1 Å². The average molecular weight is 257 g/mol. The first-order valence-electron chi connectivity index (χ1n) is 4.79. The first-order valence-corrected chi connectivity index (χ1v) is 11.8. The summed E-state index contributed by atoms with van der Waals surface area (Å²) >= 11 is 12.5. The van der Waals surface area contributed by atoms with Crippen molar-refractivity contribution in [1.29, 1.82) is 0 Å². The van der Waals surface area contributed by atoms with E-state index in [1.807, 2.05) is 0 Å². The van der Waals surface area contributed by atoms with E-state index in [0.29, 0.717) is 0 Å². The molecule has 0 aromatic carbocycles. The molecule has 1 fully saturated rings. The van der Waals surface area contributed by atoms with Crippen molar-refractivity contribution in [2.75, 3.05) is 0 Å². The smallest absolute Gasteiger partial charge is 0.188 e. The van der Waals surface area contributed by atoms with Crippen LogP contribution in [-0.2, 0) is 4.43 Å². The Morgan fingerprint density at radius 3 is 2.31 bits per heavy atom. The molecule has 5 heteroatoms. The van der Waals surface area contributed by atoms with Gasteiger partial charge in [0.05, 0.1) is 19.6 Å². The highest BCUT2D eigenvalue weighted by molar-refractivity contribution is 6.74. The summed E-state index contributed by atoms with van der Waals surface area (Å²) in [4.78, 5) is 0. The molecule has 1 aliphatic rings. The lowest BCUT2D eigenvalue weighted by atomic mass is 10.3. The second kappa shape index (κ2) is 4.23. The van der Waals surface area contributed by atoms with Crippen molar-refractivity contribution in [3.63, 3.8) is 0 Å². The lowest BCUT2D eigenvalue weighted by Crippen LogP contribution is -2.54. The lowest BCUT2D eigenvalue weighted by molar-refractivity contribution is 0.234. The van der Waals surface area contributed by atoms with E-state index in [-0.39, 0.29) is 16.5 Å². The van der Waals surface area contributed by atoms with Crippen LogP contribution in [0, 0.1) is 0 Å². The second-order valence-electron chi connectivity index (χ2n) is 4.75.